The lowest BCUT2D eigenvalue weighted by Gasteiger charge is -2.14. The second-order valence-electron chi connectivity index (χ2n) is 10.6. The molecule has 0 nitrogen and oxygen atoms in total. The van der Waals surface area contributed by atoms with Gasteiger partial charge in [-0.25, -0.2) is 4.39 Å². The summed E-state index contributed by atoms with van der Waals surface area (Å²) in [6.45, 7) is 0. The molecule has 0 N–H and O–H groups in total. The molecule has 0 radical (unpaired) electrons. The molecule has 2 aliphatic carbocycles. The summed E-state index contributed by atoms with van der Waals surface area (Å²) in [5, 5.41) is 4.83. The van der Waals surface area contributed by atoms with Crippen molar-refractivity contribution >= 4 is 21.5 Å². The van der Waals surface area contributed by atoms with Gasteiger partial charge in [0.1, 0.15) is 5.82 Å². The molecule has 0 amide bonds. The van der Waals surface area contributed by atoms with Crippen molar-refractivity contribution in [1.29, 1.82) is 0 Å². The molecule has 0 spiro atoms. The first kappa shape index (κ1) is 21.0. The second kappa shape index (κ2) is 7.52. The van der Waals surface area contributed by atoms with E-state index in [0.29, 0.717) is 0 Å². The smallest absolute Gasteiger partial charge is 0.124 e. The second-order valence-corrected chi connectivity index (χ2v) is 10.6. The van der Waals surface area contributed by atoms with Crippen LogP contribution < -0.4 is 0 Å². The third-order valence-corrected chi connectivity index (χ3v) is 8.62. The lowest BCUT2D eigenvalue weighted by molar-refractivity contribution is 0.629. The fraction of sp³-hybridized carbons (Fsp3) is 0. The van der Waals surface area contributed by atoms with Crippen LogP contribution in [0.3, 0.4) is 0 Å². The summed E-state index contributed by atoms with van der Waals surface area (Å²) in [6.07, 6.45) is 0. The first-order valence-corrected chi connectivity index (χ1v) is 13.4. The van der Waals surface area contributed by atoms with Crippen LogP contribution in [0, 0.1) is 5.82 Å². The molecule has 2 aliphatic rings. The number of halogens is 1. The van der Waals surface area contributed by atoms with Crippen molar-refractivity contribution in [2.45, 2.75) is 0 Å². The maximum Gasteiger partial charge on any atom is 0.124 e. The highest BCUT2D eigenvalue weighted by Gasteiger charge is 2.24. The molecule has 7 aromatic carbocycles. The summed E-state index contributed by atoms with van der Waals surface area (Å²) in [5.41, 5.74) is 14.0. The molecule has 180 valence electrons. The van der Waals surface area contributed by atoms with E-state index in [1.165, 1.54) is 55.3 Å². The van der Waals surface area contributed by atoms with Gasteiger partial charge in [0.2, 0.25) is 0 Å². The molecule has 0 unspecified atom stereocenters. The summed E-state index contributed by atoms with van der Waals surface area (Å²) in [6, 6.07) is 44.4. The van der Waals surface area contributed by atoms with E-state index in [4.69, 9.17) is 0 Å². The zero-order chi connectivity index (χ0) is 25.7. The third kappa shape index (κ3) is 2.77. The maximum absolute atomic E-state index is 15.4. The average Bonchev–Trinajstić information content (AvgIpc) is 3.49. The first-order chi connectivity index (χ1) is 19.3. The summed E-state index contributed by atoms with van der Waals surface area (Å²) >= 11 is 0. The number of hydrogen-bond acceptors (Lipinski definition) is 0. The molecule has 0 saturated carbocycles. The molecule has 39 heavy (non-hydrogen) atoms. The van der Waals surface area contributed by atoms with Gasteiger partial charge in [-0.15, -0.1) is 0 Å². The fourth-order valence-corrected chi connectivity index (χ4v) is 7.02. The van der Waals surface area contributed by atoms with E-state index in [2.05, 4.69) is 115 Å². The van der Waals surface area contributed by atoms with Crippen molar-refractivity contribution in [2.24, 2.45) is 0 Å². The summed E-state index contributed by atoms with van der Waals surface area (Å²) in [4.78, 5) is 0. The molecule has 7 aromatic rings. The fourth-order valence-electron chi connectivity index (χ4n) is 7.02. The Kier molecular flexibility index (Phi) is 4.05. The quantitative estimate of drug-likeness (QED) is 0.223. The van der Waals surface area contributed by atoms with Crippen LogP contribution in [-0.2, 0) is 0 Å². The molecule has 0 bridgehead atoms. The van der Waals surface area contributed by atoms with Crippen LogP contribution in [-0.4, -0.2) is 0 Å². The van der Waals surface area contributed by atoms with Crippen LogP contribution in [0.1, 0.15) is 0 Å². The molecule has 1 heteroatoms. The van der Waals surface area contributed by atoms with E-state index in [1.54, 1.807) is 12.1 Å². The van der Waals surface area contributed by atoms with Crippen molar-refractivity contribution < 1.29 is 4.39 Å². The van der Waals surface area contributed by atoms with Crippen LogP contribution in [0.2, 0.25) is 0 Å². The first-order valence-electron chi connectivity index (χ1n) is 13.4. The maximum atomic E-state index is 15.4. The SMILES string of the molecule is Fc1cc(-c2ccc3c4c(cccc24)-c2ccccc2-3)cc(-c2ccc3c4c(cccc24)-c2ccccc2-3)c1. The largest absolute Gasteiger partial charge is 0.207 e. The van der Waals surface area contributed by atoms with Gasteiger partial charge in [0, 0.05) is 0 Å². The number of rotatable bonds is 2. The minimum atomic E-state index is -0.222. The van der Waals surface area contributed by atoms with Crippen LogP contribution in [0.25, 0.3) is 88.3 Å². The highest BCUT2D eigenvalue weighted by atomic mass is 19.1. The molecule has 9 rings (SSSR count). The minimum Gasteiger partial charge on any atom is -0.207 e. The highest BCUT2D eigenvalue weighted by molar-refractivity contribution is 6.20. The lowest BCUT2D eigenvalue weighted by atomic mass is 9.90. The predicted molar refractivity (Wildman–Crippen MR) is 161 cm³/mol. The number of benzene rings is 7. The topological polar surface area (TPSA) is 0 Å². The molecular weight excluding hydrogens is 475 g/mol. The Hall–Kier alpha value is -5.01. The van der Waals surface area contributed by atoms with Crippen molar-refractivity contribution in [3.05, 3.63) is 133 Å². The molecular formula is C38H21F. The van der Waals surface area contributed by atoms with E-state index in [0.717, 1.165) is 33.0 Å². The minimum absolute atomic E-state index is 0.222. The zero-order valence-electron chi connectivity index (χ0n) is 21.0. The summed E-state index contributed by atoms with van der Waals surface area (Å²) in [7, 11) is 0. The Bertz CT molecular complexity index is 1970. The van der Waals surface area contributed by atoms with Gasteiger partial charge in [-0.3, -0.25) is 0 Å². The van der Waals surface area contributed by atoms with Crippen molar-refractivity contribution in [1.82, 2.24) is 0 Å². The lowest BCUT2D eigenvalue weighted by Crippen LogP contribution is -1.89. The number of hydrogen-bond donors (Lipinski definition) is 0. The Morgan fingerprint density at radius 3 is 1.10 bits per heavy atom. The third-order valence-electron chi connectivity index (χ3n) is 8.62. The van der Waals surface area contributed by atoms with E-state index >= 15 is 4.39 Å². The molecule has 0 aliphatic heterocycles. The summed E-state index contributed by atoms with van der Waals surface area (Å²) in [5.74, 6) is -0.222. The normalized spacial score (nSPS) is 12.2. The van der Waals surface area contributed by atoms with Gasteiger partial charge in [0.25, 0.3) is 0 Å². The van der Waals surface area contributed by atoms with E-state index in [-0.39, 0.29) is 5.82 Å². The van der Waals surface area contributed by atoms with E-state index in [9.17, 15) is 0 Å². The van der Waals surface area contributed by atoms with Crippen molar-refractivity contribution in [2.75, 3.05) is 0 Å². The highest BCUT2D eigenvalue weighted by Crippen LogP contribution is 2.51. The standard InChI is InChI=1S/C38H21F/c39-24-20-22(25-15-17-35-29-9-3-1-7-27(29)33-13-5-11-31(25)37(33)35)19-23(21-24)26-16-18-36-30-10-4-2-8-28(30)34-14-6-12-32(26)38(34)36/h1-21H. The van der Waals surface area contributed by atoms with Gasteiger partial charge in [-0.1, -0.05) is 109 Å². The van der Waals surface area contributed by atoms with Crippen LogP contribution in [0.4, 0.5) is 4.39 Å². The van der Waals surface area contributed by atoms with E-state index < -0.39 is 0 Å². The van der Waals surface area contributed by atoms with Crippen LogP contribution in [0.15, 0.2) is 127 Å². The monoisotopic (exact) mass is 496 g/mol. The predicted octanol–water partition coefficient (Wildman–Crippen LogP) is 10.8. The molecule has 0 atom stereocenters. The Morgan fingerprint density at radius 2 is 0.667 bits per heavy atom. The molecule has 0 heterocycles. The van der Waals surface area contributed by atoms with Crippen molar-refractivity contribution in [3.8, 4) is 66.8 Å². The van der Waals surface area contributed by atoms with Crippen molar-refractivity contribution in [3.63, 3.8) is 0 Å². The van der Waals surface area contributed by atoms with Gasteiger partial charge in [-0.2, -0.15) is 0 Å². The average molecular weight is 497 g/mol. The number of fused-ring (bicyclic) bond motifs is 6. The van der Waals surface area contributed by atoms with Gasteiger partial charge in [0.15, 0.2) is 0 Å². The Balaban J connectivity index is 1.27. The molecule has 0 aromatic heterocycles. The van der Waals surface area contributed by atoms with Crippen LogP contribution >= 0.6 is 0 Å². The Morgan fingerprint density at radius 1 is 0.308 bits per heavy atom. The molecule has 0 fully saturated rings. The van der Waals surface area contributed by atoms with Gasteiger partial charge in [-0.05, 0) is 107 Å². The Labute approximate surface area is 225 Å². The van der Waals surface area contributed by atoms with Gasteiger partial charge in [0.05, 0.1) is 0 Å². The van der Waals surface area contributed by atoms with E-state index in [1.807, 2.05) is 0 Å². The van der Waals surface area contributed by atoms with Crippen LogP contribution in [0.5, 0.6) is 0 Å². The van der Waals surface area contributed by atoms with Gasteiger partial charge >= 0.3 is 0 Å². The zero-order valence-corrected chi connectivity index (χ0v) is 21.0. The summed E-state index contributed by atoms with van der Waals surface area (Å²) < 4.78 is 15.4. The van der Waals surface area contributed by atoms with Gasteiger partial charge < -0.3 is 0 Å². The molecule has 0 saturated heterocycles.